The maximum Gasteiger partial charge on any atom is 0.255 e. The number of fused-ring (bicyclic) bond motifs is 1. The second-order valence-electron chi connectivity index (χ2n) is 6.91. The summed E-state index contributed by atoms with van der Waals surface area (Å²) in [6.45, 7) is 3.41. The molecule has 4 rings (SSSR count). The average Bonchev–Trinajstić information content (AvgIpc) is 3.12. The Kier molecular flexibility index (Phi) is 3.95. The summed E-state index contributed by atoms with van der Waals surface area (Å²) in [5, 5.41) is 5.66. The normalized spacial score (nSPS) is 28.9. The van der Waals surface area contributed by atoms with Crippen LogP contribution in [-0.2, 0) is 16.1 Å². The molecule has 3 amide bonds. The molecule has 2 saturated heterocycles. The first kappa shape index (κ1) is 16.1. The quantitative estimate of drug-likeness (QED) is 0.784. The largest absolute Gasteiger partial charge is 0.489 e. The lowest BCUT2D eigenvalue weighted by Crippen LogP contribution is -2.52. The van der Waals surface area contributed by atoms with Gasteiger partial charge >= 0.3 is 0 Å². The predicted octanol–water partition coefficient (Wildman–Crippen LogP) is 0.577. The van der Waals surface area contributed by atoms with E-state index in [1.807, 2.05) is 12.1 Å². The van der Waals surface area contributed by atoms with Gasteiger partial charge in [-0.25, -0.2) is 0 Å². The molecule has 132 valence electrons. The zero-order valence-electron chi connectivity index (χ0n) is 14.1. The molecule has 3 aliphatic heterocycles. The molecule has 0 saturated carbocycles. The summed E-state index contributed by atoms with van der Waals surface area (Å²) in [4.78, 5) is 37.6. The van der Waals surface area contributed by atoms with Crippen LogP contribution in [-0.4, -0.2) is 47.4 Å². The number of carbonyl (C=O) groups excluding carboxylic acids is 3. The highest BCUT2D eigenvalue weighted by atomic mass is 16.5. The Morgan fingerprint density at radius 3 is 2.76 bits per heavy atom. The van der Waals surface area contributed by atoms with Crippen LogP contribution >= 0.6 is 0 Å². The molecule has 25 heavy (non-hydrogen) atoms. The topological polar surface area (TPSA) is 87.7 Å². The SMILES string of the molecule is C[C@H]1NCC[C@@H]1Oc1ccc2c(c1)CN(C1CCC(=O)NC1=O)C2=O. The van der Waals surface area contributed by atoms with Crippen molar-refractivity contribution >= 4 is 17.7 Å². The number of piperidine rings is 1. The van der Waals surface area contributed by atoms with Gasteiger partial charge in [0.1, 0.15) is 17.9 Å². The van der Waals surface area contributed by atoms with Crippen LogP contribution in [0.3, 0.4) is 0 Å². The lowest BCUT2D eigenvalue weighted by molar-refractivity contribution is -0.136. The van der Waals surface area contributed by atoms with Gasteiger partial charge in [-0.05, 0) is 50.1 Å². The van der Waals surface area contributed by atoms with E-state index in [0.717, 1.165) is 24.3 Å². The van der Waals surface area contributed by atoms with E-state index in [-0.39, 0.29) is 30.2 Å². The van der Waals surface area contributed by atoms with Crippen molar-refractivity contribution in [1.82, 2.24) is 15.5 Å². The Bertz CT molecular complexity index is 748. The number of ether oxygens (including phenoxy) is 1. The fraction of sp³-hybridized carbons (Fsp3) is 0.500. The highest BCUT2D eigenvalue weighted by Gasteiger charge is 2.39. The number of imide groups is 1. The minimum absolute atomic E-state index is 0.126. The number of hydrogen-bond donors (Lipinski definition) is 2. The van der Waals surface area contributed by atoms with Gasteiger partial charge in [-0.2, -0.15) is 0 Å². The fourth-order valence-corrected chi connectivity index (χ4v) is 3.79. The predicted molar refractivity (Wildman–Crippen MR) is 89.0 cm³/mol. The van der Waals surface area contributed by atoms with E-state index in [2.05, 4.69) is 17.6 Å². The highest BCUT2D eigenvalue weighted by molar-refractivity contribution is 6.05. The molecule has 0 aromatic heterocycles. The Morgan fingerprint density at radius 2 is 2.04 bits per heavy atom. The van der Waals surface area contributed by atoms with E-state index >= 15 is 0 Å². The lowest BCUT2D eigenvalue weighted by Gasteiger charge is -2.29. The third-order valence-electron chi connectivity index (χ3n) is 5.24. The monoisotopic (exact) mass is 343 g/mol. The van der Waals surface area contributed by atoms with Crippen molar-refractivity contribution < 1.29 is 19.1 Å². The van der Waals surface area contributed by atoms with Crippen molar-refractivity contribution in [1.29, 1.82) is 0 Å². The van der Waals surface area contributed by atoms with Crippen molar-refractivity contribution in [3.63, 3.8) is 0 Å². The molecule has 3 heterocycles. The second kappa shape index (κ2) is 6.15. The zero-order valence-corrected chi connectivity index (χ0v) is 14.1. The van der Waals surface area contributed by atoms with E-state index in [1.165, 1.54) is 0 Å². The van der Waals surface area contributed by atoms with E-state index < -0.39 is 6.04 Å². The third-order valence-corrected chi connectivity index (χ3v) is 5.24. The third kappa shape index (κ3) is 2.89. The van der Waals surface area contributed by atoms with Crippen molar-refractivity contribution in [2.75, 3.05) is 6.54 Å². The van der Waals surface area contributed by atoms with Gasteiger partial charge in [0.15, 0.2) is 0 Å². The van der Waals surface area contributed by atoms with E-state index in [1.54, 1.807) is 11.0 Å². The van der Waals surface area contributed by atoms with Gasteiger partial charge in [0.2, 0.25) is 11.8 Å². The van der Waals surface area contributed by atoms with Gasteiger partial charge in [0.05, 0.1) is 0 Å². The zero-order chi connectivity index (χ0) is 17.6. The van der Waals surface area contributed by atoms with Crippen LogP contribution in [0.2, 0.25) is 0 Å². The molecule has 3 aliphatic rings. The lowest BCUT2D eigenvalue weighted by atomic mass is 10.0. The number of benzene rings is 1. The van der Waals surface area contributed by atoms with Gasteiger partial charge in [0, 0.05) is 24.6 Å². The molecular weight excluding hydrogens is 322 g/mol. The second-order valence-corrected chi connectivity index (χ2v) is 6.91. The van der Waals surface area contributed by atoms with Crippen LogP contribution in [0.15, 0.2) is 18.2 Å². The van der Waals surface area contributed by atoms with Crippen LogP contribution in [0.25, 0.3) is 0 Å². The molecule has 0 bridgehead atoms. The fourth-order valence-electron chi connectivity index (χ4n) is 3.79. The number of carbonyl (C=O) groups is 3. The smallest absolute Gasteiger partial charge is 0.255 e. The molecule has 0 radical (unpaired) electrons. The van der Waals surface area contributed by atoms with Gasteiger partial charge in [0.25, 0.3) is 5.91 Å². The molecule has 1 aromatic rings. The average molecular weight is 343 g/mol. The number of amides is 3. The van der Waals surface area contributed by atoms with Gasteiger partial charge < -0.3 is 15.0 Å². The minimum atomic E-state index is -0.582. The maximum atomic E-state index is 12.6. The van der Waals surface area contributed by atoms with Gasteiger partial charge in [-0.1, -0.05) is 0 Å². The first-order chi connectivity index (χ1) is 12.0. The Labute approximate surface area is 145 Å². The summed E-state index contributed by atoms with van der Waals surface area (Å²) < 4.78 is 6.05. The molecule has 7 heteroatoms. The van der Waals surface area contributed by atoms with Crippen LogP contribution in [0.4, 0.5) is 0 Å². The molecule has 1 aromatic carbocycles. The molecule has 1 unspecified atom stereocenters. The minimum Gasteiger partial charge on any atom is -0.489 e. The molecule has 2 fully saturated rings. The van der Waals surface area contributed by atoms with Gasteiger partial charge in [-0.3, -0.25) is 19.7 Å². The number of nitrogens with one attached hydrogen (secondary N) is 2. The molecule has 2 N–H and O–H groups in total. The number of rotatable bonds is 3. The van der Waals surface area contributed by atoms with Crippen molar-refractivity contribution in [3.8, 4) is 5.75 Å². The molecule has 0 aliphatic carbocycles. The summed E-state index contributed by atoms with van der Waals surface area (Å²) in [5.74, 6) is -0.0794. The summed E-state index contributed by atoms with van der Waals surface area (Å²) in [6, 6.07) is 5.20. The standard InChI is InChI=1S/C18H21N3O4/c1-10-15(6-7-19-10)25-12-2-3-13-11(8-12)9-21(18(13)24)14-4-5-16(22)20-17(14)23/h2-3,8,10,14-15,19H,4-7,9H2,1H3,(H,20,22,23)/t10-,14?,15+/m1/s1. The van der Waals surface area contributed by atoms with E-state index in [9.17, 15) is 14.4 Å². The summed E-state index contributed by atoms with van der Waals surface area (Å²) in [6.07, 6.45) is 1.72. The van der Waals surface area contributed by atoms with Crippen LogP contribution in [0, 0.1) is 0 Å². The number of nitrogens with zero attached hydrogens (tertiary/aromatic N) is 1. The van der Waals surface area contributed by atoms with Crippen LogP contribution in [0.1, 0.15) is 42.1 Å². The van der Waals surface area contributed by atoms with E-state index in [4.69, 9.17) is 4.74 Å². The van der Waals surface area contributed by atoms with Crippen LogP contribution < -0.4 is 15.4 Å². The Hall–Kier alpha value is -2.41. The van der Waals surface area contributed by atoms with Crippen LogP contribution in [0.5, 0.6) is 5.75 Å². The van der Waals surface area contributed by atoms with Crippen molar-refractivity contribution in [3.05, 3.63) is 29.3 Å². The number of hydrogen-bond acceptors (Lipinski definition) is 5. The summed E-state index contributed by atoms with van der Waals surface area (Å²) in [7, 11) is 0. The molecular formula is C18H21N3O4. The van der Waals surface area contributed by atoms with Gasteiger partial charge in [-0.15, -0.1) is 0 Å². The van der Waals surface area contributed by atoms with E-state index in [0.29, 0.717) is 24.6 Å². The van der Waals surface area contributed by atoms with Crippen molar-refractivity contribution in [2.45, 2.75) is 50.9 Å². The first-order valence-corrected chi connectivity index (χ1v) is 8.70. The molecule has 3 atom stereocenters. The first-order valence-electron chi connectivity index (χ1n) is 8.70. The Balaban J connectivity index is 1.51. The maximum absolute atomic E-state index is 12.6. The highest BCUT2D eigenvalue weighted by Crippen LogP contribution is 2.31. The van der Waals surface area contributed by atoms with Crippen molar-refractivity contribution in [2.24, 2.45) is 0 Å². The molecule has 7 nitrogen and oxygen atoms in total. The Morgan fingerprint density at radius 1 is 1.20 bits per heavy atom. The molecule has 0 spiro atoms. The summed E-state index contributed by atoms with van der Waals surface area (Å²) in [5.41, 5.74) is 1.47. The summed E-state index contributed by atoms with van der Waals surface area (Å²) >= 11 is 0.